The third kappa shape index (κ3) is 37.5. The van der Waals surface area contributed by atoms with Gasteiger partial charge in [0.05, 0.1) is 18.8 Å². The second-order valence-electron chi connectivity index (χ2n) is 13.8. The third-order valence-corrected chi connectivity index (χ3v) is 8.72. The van der Waals surface area contributed by atoms with E-state index in [4.69, 9.17) is 19.3 Å². The average Bonchev–Trinajstić information content (AvgIpc) is 3.06. The summed E-state index contributed by atoms with van der Waals surface area (Å²) in [4.78, 5) is 42.7. The number of hydrogen-bond acceptors (Lipinski definition) is 8. The second-order valence-corrected chi connectivity index (χ2v) is 15.0. The predicted octanol–water partition coefficient (Wildman–Crippen LogP) is 9.37. The molecule has 10 nitrogen and oxygen atoms in total. The maximum Gasteiger partial charge on any atom is 0.469 e. The van der Waals surface area contributed by atoms with Gasteiger partial charge in [0.2, 0.25) is 0 Å². The summed E-state index contributed by atoms with van der Waals surface area (Å²) in [6, 6.07) is 0. The van der Waals surface area contributed by atoms with Crippen molar-refractivity contribution in [3.63, 3.8) is 0 Å². The molecule has 0 heterocycles. The van der Waals surface area contributed by atoms with Crippen molar-refractivity contribution < 1.29 is 48.2 Å². The molecule has 0 aromatic heterocycles. The lowest BCUT2D eigenvalue weighted by Gasteiger charge is -2.18. The molecule has 0 unspecified atom stereocenters. The predicted molar refractivity (Wildman–Crippen MR) is 205 cm³/mol. The zero-order valence-corrected chi connectivity index (χ0v) is 32.8. The van der Waals surface area contributed by atoms with Crippen LogP contribution < -0.4 is 0 Å². The van der Waals surface area contributed by atoms with Gasteiger partial charge in [0.25, 0.3) is 0 Å². The van der Waals surface area contributed by atoms with E-state index in [0.29, 0.717) is 25.7 Å². The van der Waals surface area contributed by atoms with Crippen LogP contribution >= 0.6 is 7.82 Å². The SMILES string of the molecule is CCCCC[C@H](O)/C=C/C=C\C/C=C\C=C\[C@H](O)CCCC(=O)OC[C@H](COP(=O)(O)O)OC(=O)CCCCCCCCCCCCCC(C)C. The Balaban J connectivity index is 4.21. The van der Waals surface area contributed by atoms with Gasteiger partial charge < -0.3 is 29.5 Å². The van der Waals surface area contributed by atoms with E-state index in [1.807, 2.05) is 30.4 Å². The van der Waals surface area contributed by atoms with Gasteiger partial charge in [-0.25, -0.2) is 4.57 Å². The van der Waals surface area contributed by atoms with Crippen molar-refractivity contribution in [1.29, 1.82) is 0 Å². The molecule has 11 heteroatoms. The Morgan fingerprint density at radius 3 is 1.65 bits per heavy atom. The summed E-state index contributed by atoms with van der Waals surface area (Å²) in [7, 11) is -4.81. The maximum atomic E-state index is 12.4. The Kier molecular flexibility index (Phi) is 32.4. The van der Waals surface area contributed by atoms with Gasteiger partial charge in [0.1, 0.15) is 6.61 Å². The topological polar surface area (TPSA) is 160 Å². The van der Waals surface area contributed by atoms with Crippen LogP contribution in [-0.4, -0.2) is 63.5 Å². The zero-order chi connectivity index (χ0) is 38.0. The fourth-order valence-electron chi connectivity index (χ4n) is 5.24. The van der Waals surface area contributed by atoms with Gasteiger partial charge in [0.15, 0.2) is 6.10 Å². The van der Waals surface area contributed by atoms with E-state index >= 15 is 0 Å². The Labute approximate surface area is 309 Å². The van der Waals surface area contributed by atoms with Crippen molar-refractivity contribution in [3.05, 3.63) is 48.6 Å². The molecule has 4 N–H and O–H groups in total. The summed E-state index contributed by atoms with van der Waals surface area (Å²) in [5.74, 6) is -0.322. The van der Waals surface area contributed by atoms with Crippen LogP contribution in [0.4, 0.5) is 0 Å². The van der Waals surface area contributed by atoms with Crippen LogP contribution in [0, 0.1) is 5.92 Å². The second kappa shape index (κ2) is 33.7. The fourth-order valence-corrected chi connectivity index (χ4v) is 5.60. The van der Waals surface area contributed by atoms with Gasteiger partial charge in [-0.3, -0.25) is 14.1 Å². The summed E-state index contributed by atoms with van der Waals surface area (Å²) >= 11 is 0. The molecule has 0 rings (SSSR count). The van der Waals surface area contributed by atoms with E-state index in [9.17, 15) is 24.4 Å². The third-order valence-electron chi connectivity index (χ3n) is 8.24. The van der Waals surface area contributed by atoms with Gasteiger partial charge in [-0.05, 0) is 38.0 Å². The van der Waals surface area contributed by atoms with Crippen LogP contribution in [0.5, 0.6) is 0 Å². The van der Waals surface area contributed by atoms with Gasteiger partial charge in [-0.1, -0.05) is 159 Å². The number of allylic oxidation sites excluding steroid dienone is 6. The largest absolute Gasteiger partial charge is 0.469 e. The highest BCUT2D eigenvalue weighted by Crippen LogP contribution is 2.36. The normalized spacial score (nSPS) is 14.4. The molecule has 3 atom stereocenters. The van der Waals surface area contributed by atoms with Crippen molar-refractivity contribution in [1.82, 2.24) is 0 Å². The molecule has 296 valence electrons. The fraction of sp³-hybridized carbons (Fsp3) is 0.750. The Bertz CT molecular complexity index is 1020. The average molecular weight is 743 g/mol. The molecule has 51 heavy (non-hydrogen) atoms. The first-order valence-corrected chi connectivity index (χ1v) is 21.0. The zero-order valence-electron chi connectivity index (χ0n) is 31.9. The first kappa shape index (κ1) is 48.9. The van der Waals surface area contributed by atoms with E-state index in [1.54, 1.807) is 18.2 Å². The Morgan fingerprint density at radius 2 is 1.12 bits per heavy atom. The number of phosphoric ester groups is 1. The first-order chi connectivity index (χ1) is 24.4. The lowest BCUT2D eigenvalue weighted by atomic mass is 10.0. The standard InChI is InChI=1S/C40H71O10P/c1-4-5-20-27-36(41)28-22-17-13-11-14-18-23-29-37(42)30-25-32-39(43)48-33-38(34-49-51(45,46)47)50-40(44)31-24-19-15-10-8-6-7-9-12-16-21-26-35(2)3/h13-14,17-18,22-23,28-29,35-38,41-42H,4-12,15-16,19-21,24-27,30-34H2,1-3H3,(H2,45,46,47)/b17-13-,18-14-,28-22+,29-23+/t36-,37-,38+/m0/s1. The van der Waals surface area contributed by atoms with Crippen molar-refractivity contribution >= 4 is 19.8 Å². The minimum Gasteiger partial charge on any atom is -0.462 e. The number of rotatable bonds is 34. The van der Waals surface area contributed by atoms with E-state index in [-0.39, 0.29) is 19.4 Å². The summed E-state index contributed by atoms with van der Waals surface area (Å²) < 4.78 is 26.2. The monoisotopic (exact) mass is 742 g/mol. The molecule has 0 spiro atoms. The minimum atomic E-state index is -4.81. The number of ether oxygens (including phenoxy) is 2. The molecular formula is C40H71O10P. The van der Waals surface area contributed by atoms with Gasteiger partial charge in [-0.2, -0.15) is 0 Å². The summed E-state index contributed by atoms with van der Waals surface area (Å²) in [5, 5.41) is 20.0. The molecule has 0 fully saturated rings. The number of unbranched alkanes of at least 4 members (excludes halogenated alkanes) is 12. The van der Waals surface area contributed by atoms with Gasteiger partial charge in [0, 0.05) is 12.8 Å². The highest BCUT2D eigenvalue weighted by molar-refractivity contribution is 7.46. The van der Waals surface area contributed by atoms with Crippen LogP contribution in [0.25, 0.3) is 0 Å². The van der Waals surface area contributed by atoms with E-state index < -0.39 is 44.7 Å². The summed E-state index contributed by atoms with van der Waals surface area (Å²) in [5.41, 5.74) is 0. The van der Waals surface area contributed by atoms with E-state index in [1.165, 1.54) is 51.4 Å². The lowest BCUT2D eigenvalue weighted by Crippen LogP contribution is -2.29. The number of phosphoric acid groups is 1. The van der Waals surface area contributed by atoms with Gasteiger partial charge in [-0.15, -0.1) is 0 Å². The number of hydrogen-bond donors (Lipinski definition) is 4. The van der Waals surface area contributed by atoms with Crippen LogP contribution in [0.15, 0.2) is 48.6 Å². The van der Waals surface area contributed by atoms with Crippen molar-refractivity contribution in [3.8, 4) is 0 Å². The van der Waals surface area contributed by atoms with Crippen LogP contribution in [0.3, 0.4) is 0 Å². The number of esters is 2. The number of aliphatic hydroxyl groups is 2. The Morgan fingerprint density at radius 1 is 0.627 bits per heavy atom. The quantitative estimate of drug-likeness (QED) is 0.0217. The molecule has 0 aliphatic rings. The first-order valence-electron chi connectivity index (χ1n) is 19.5. The van der Waals surface area contributed by atoms with Crippen LogP contribution in [-0.2, 0) is 28.2 Å². The molecule has 0 aliphatic heterocycles. The van der Waals surface area contributed by atoms with E-state index in [2.05, 4.69) is 25.3 Å². The molecule has 0 saturated heterocycles. The molecule has 0 radical (unpaired) electrons. The minimum absolute atomic E-state index is 0.0185. The molecule has 0 amide bonds. The number of carbonyl (C=O) groups is 2. The molecule has 0 aromatic rings. The van der Waals surface area contributed by atoms with Crippen molar-refractivity contribution in [2.45, 2.75) is 174 Å². The summed E-state index contributed by atoms with van der Waals surface area (Å²) in [6.07, 6.45) is 32.0. The van der Waals surface area contributed by atoms with Crippen LogP contribution in [0.2, 0.25) is 0 Å². The van der Waals surface area contributed by atoms with Crippen LogP contribution in [0.1, 0.15) is 156 Å². The lowest BCUT2D eigenvalue weighted by molar-refractivity contribution is -0.161. The molecule has 0 aliphatic carbocycles. The molecule has 0 saturated carbocycles. The van der Waals surface area contributed by atoms with E-state index in [0.717, 1.165) is 50.9 Å². The summed E-state index contributed by atoms with van der Waals surface area (Å²) in [6.45, 7) is 5.68. The maximum absolute atomic E-state index is 12.4. The molecule has 0 bridgehead atoms. The number of carbonyl (C=O) groups excluding carboxylic acids is 2. The van der Waals surface area contributed by atoms with Crippen molar-refractivity contribution in [2.75, 3.05) is 13.2 Å². The highest BCUT2D eigenvalue weighted by Gasteiger charge is 2.23. The highest BCUT2D eigenvalue weighted by atomic mass is 31.2. The number of aliphatic hydroxyl groups excluding tert-OH is 2. The van der Waals surface area contributed by atoms with Gasteiger partial charge >= 0.3 is 19.8 Å². The molecular weight excluding hydrogens is 671 g/mol. The molecule has 0 aromatic carbocycles. The van der Waals surface area contributed by atoms with Crippen molar-refractivity contribution in [2.24, 2.45) is 5.92 Å². The smallest absolute Gasteiger partial charge is 0.462 e. The Hall–Kier alpha value is -2.07.